The summed E-state index contributed by atoms with van der Waals surface area (Å²) in [7, 11) is 1.56. The first-order chi connectivity index (χ1) is 13.0. The summed E-state index contributed by atoms with van der Waals surface area (Å²) in [6.07, 6.45) is 3.22. The molecule has 0 fully saturated rings. The zero-order valence-electron chi connectivity index (χ0n) is 15.4. The van der Waals surface area contributed by atoms with Crippen LogP contribution in [0.15, 0.2) is 64.7 Å². The molecule has 0 atom stereocenters. The molecule has 0 aliphatic rings. The fourth-order valence-corrected chi connectivity index (χ4v) is 3.59. The molecule has 0 unspecified atom stereocenters. The van der Waals surface area contributed by atoms with Crippen LogP contribution in [0.5, 0.6) is 5.75 Å². The zero-order chi connectivity index (χ0) is 19.4. The summed E-state index contributed by atoms with van der Waals surface area (Å²) in [6.45, 7) is 3.98. The summed E-state index contributed by atoms with van der Waals surface area (Å²) < 4.78 is 6.71. The van der Waals surface area contributed by atoms with Crippen LogP contribution in [0.1, 0.15) is 21.5 Å². The van der Waals surface area contributed by atoms with Crippen molar-refractivity contribution < 1.29 is 9.53 Å². The van der Waals surface area contributed by atoms with Gasteiger partial charge in [0.1, 0.15) is 5.75 Å². The molecule has 0 radical (unpaired) electrons. The van der Waals surface area contributed by atoms with Gasteiger partial charge in [0.2, 0.25) is 0 Å². The summed E-state index contributed by atoms with van der Waals surface area (Å²) in [4.78, 5) is 29.4. The lowest BCUT2D eigenvalue weighted by atomic mass is 10.1. The maximum absolute atomic E-state index is 12.8. The van der Waals surface area contributed by atoms with Crippen molar-refractivity contribution in [2.45, 2.75) is 18.9 Å². The Morgan fingerprint density at radius 3 is 2.59 bits per heavy atom. The van der Waals surface area contributed by atoms with Crippen LogP contribution in [0.2, 0.25) is 0 Å². The van der Waals surface area contributed by atoms with Crippen molar-refractivity contribution in [1.82, 2.24) is 9.55 Å². The van der Waals surface area contributed by atoms with E-state index < -0.39 is 0 Å². The maximum Gasteiger partial charge on any atom is 0.287 e. The van der Waals surface area contributed by atoms with Gasteiger partial charge in [0.15, 0.2) is 10.8 Å². The van der Waals surface area contributed by atoms with E-state index in [2.05, 4.69) is 11.1 Å². The van der Waals surface area contributed by atoms with E-state index in [1.54, 1.807) is 48.3 Å². The van der Waals surface area contributed by atoms with Crippen molar-refractivity contribution in [3.05, 3.63) is 81.9 Å². The molecule has 6 heteroatoms. The SMILES string of the molecule is COc1cccc(C(=O)CSc2nccn(-c3cc(C)cc(C)c3)c2=O)c1. The molecule has 3 rings (SSSR count). The number of thioether (sulfide) groups is 1. The van der Waals surface area contributed by atoms with E-state index in [9.17, 15) is 9.59 Å². The van der Waals surface area contributed by atoms with Crippen LogP contribution in [-0.4, -0.2) is 28.2 Å². The highest BCUT2D eigenvalue weighted by atomic mass is 32.2. The number of rotatable bonds is 6. The minimum absolute atomic E-state index is 0.0816. The zero-order valence-corrected chi connectivity index (χ0v) is 16.2. The number of hydrogen-bond donors (Lipinski definition) is 0. The van der Waals surface area contributed by atoms with Gasteiger partial charge in [0.25, 0.3) is 5.56 Å². The lowest BCUT2D eigenvalue weighted by Gasteiger charge is -2.09. The molecule has 1 aromatic heterocycles. The van der Waals surface area contributed by atoms with Crippen molar-refractivity contribution >= 4 is 17.5 Å². The Hall–Kier alpha value is -2.86. The number of carbonyl (C=O) groups excluding carboxylic acids is 1. The number of aromatic nitrogens is 2. The van der Waals surface area contributed by atoms with Gasteiger partial charge in [-0.1, -0.05) is 30.0 Å². The van der Waals surface area contributed by atoms with Crippen LogP contribution in [0.4, 0.5) is 0 Å². The number of hydrogen-bond acceptors (Lipinski definition) is 5. The molecule has 1 heterocycles. The number of Topliss-reactive ketones (excluding diaryl/α,β-unsaturated/α-hetero) is 1. The van der Waals surface area contributed by atoms with Gasteiger partial charge in [-0.3, -0.25) is 14.2 Å². The minimum atomic E-state index is -0.231. The van der Waals surface area contributed by atoms with Gasteiger partial charge < -0.3 is 4.74 Å². The molecule has 0 spiro atoms. The van der Waals surface area contributed by atoms with E-state index in [1.165, 1.54) is 0 Å². The van der Waals surface area contributed by atoms with E-state index in [-0.39, 0.29) is 17.1 Å². The molecular weight excluding hydrogens is 360 g/mol. The first kappa shape index (κ1) is 18.9. The predicted octanol–water partition coefficient (Wildman–Crippen LogP) is 3.83. The largest absolute Gasteiger partial charge is 0.497 e. The monoisotopic (exact) mass is 380 g/mol. The van der Waals surface area contributed by atoms with Gasteiger partial charge in [-0.15, -0.1) is 0 Å². The fraction of sp³-hybridized carbons (Fsp3) is 0.190. The molecule has 3 aromatic rings. The molecule has 0 aliphatic heterocycles. The second kappa shape index (κ2) is 8.22. The summed E-state index contributed by atoms with van der Waals surface area (Å²) in [6, 6.07) is 12.9. The van der Waals surface area contributed by atoms with Crippen LogP contribution in [-0.2, 0) is 0 Å². The van der Waals surface area contributed by atoms with Crippen LogP contribution in [0.3, 0.4) is 0 Å². The maximum atomic E-state index is 12.8. The van der Waals surface area contributed by atoms with Gasteiger partial charge in [-0.05, 0) is 49.2 Å². The van der Waals surface area contributed by atoms with E-state index in [1.807, 2.05) is 26.0 Å². The highest BCUT2D eigenvalue weighted by Gasteiger charge is 2.12. The second-order valence-electron chi connectivity index (χ2n) is 6.20. The average molecular weight is 380 g/mol. The van der Waals surface area contributed by atoms with Crippen molar-refractivity contribution in [3.8, 4) is 11.4 Å². The van der Waals surface area contributed by atoms with E-state index in [4.69, 9.17) is 4.74 Å². The molecule has 2 aromatic carbocycles. The molecule has 0 aliphatic carbocycles. The molecule has 0 saturated carbocycles. The minimum Gasteiger partial charge on any atom is -0.497 e. The quantitative estimate of drug-likeness (QED) is 0.480. The first-order valence-electron chi connectivity index (χ1n) is 8.44. The molecule has 0 amide bonds. The first-order valence-corrected chi connectivity index (χ1v) is 9.43. The number of methoxy groups -OCH3 is 1. The van der Waals surface area contributed by atoms with Crippen molar-refractivity contribution in [1.29, 1.82) is 0 Å². The van der Waals surface area contributed by atoms with Gasteiger partial charge in [-0.25, -0.2) is 4.98 Å². The lowest BCUT2D eigenvalue weighted by Crippen LogP contribution is -2.21. The van der Waals surface area contributed by atoms with E-state index in [0.29, 0.717) is 16.3 Å². The van der Waals surface area contributed by atoms with Crippen LogP contribution in [0, 0.1) is 13.8 Å². The number of ketones is 1. The summed E-state index contributed by atoms with van der Waals surface area (Å²) in [5, 5.41) is 0.299. The fourth-order valence-electron chi connectivity index (χ4n) is 2.80. The summed E-state index contributed by atoms with van der Waals surface area (Å²) in [5.41, 5.74) is 3.27. The number of aryl methyl sites for hydroxylation is 2. The number of nitrogens with zero attached hydrogens (tertiary/aromatic N) is 2. The van der Waals surface area contributed by atoms with Crippen molar-refractivity contribution in [3.63, 3.8) is 0 Å². The lowest BCUT2D eigenvalue weighted by molar-refractivity contribution is 0.102. The highest BCUT2D eigenvalue weighted by Crippen LogP contribution is 2.18. The predicted molar refractivity (Wildman–Crippen MR) is 107 cm³/mol. The Balaban J connectivity index is 1.82. The molecule has 138 valence electrons. The summed E-state index contributed by atoms with van der Waals surface area (Å²) in [5.74, 6) is 0.675. The number of ether oxygens (including phenoxy) is 1. The Morgan fingerprint density at radius 1 is 1.15 bits per heavy atom. The number of benzene rings is 2. The molecule has 0 bridgehead atoms. The van der Waals surface area contributed by atoms with Gasteiger partial charge >= 0.3 is 0 Å². The Bertz CT molecular complexity index is 1020. The van der Waals surface area contributed by atoms with Crippen LogP contribution >= 0.6 is 11.8 Å². The Kier molecular flexibility index (Phi) is 5.76. The third kappa shape index (κ3) is 4.46. The van der Waals surface area contributed by atoms with Gasteiger partial charge in [0, 0.05) is 23.6 Å². The molecule has 27 heavy (non-hydrogen) atoms. The third-order valence-electron chi connectivity index (χ3n) is 4.03. The Labute approximate surface area is 162 Å². The van der Waals surface area contributed by atoms with E-state index in [0.717, 1.165) is 28.6 Å². The summed E-state index contributed by atoms with van der Waals surface area (Å²) >= 11 is 1.15. The van der Waals surface area contributed by atoms with Crippen molar-refractivity contribution in [2.24, 2.45) is 0 Å². The van der Waals surface area contributed by atoms with Crippen molar-refractivity contribution in [2.75, 3.05) is 12.9 Å². The molecular formula is C21H20N2O3S. The average Bonchev–Trinajstić information content (AvgIpc) is 2.66. The topological polar surface area (TPSA) is 61.2 Å². The van der Waals surface area contributed by atoms with Crippen LogP contribution in [0.25, 0.3) is 5.69 Å². The van der Waals surface area contributed by atoms with Gasteiger partial charge in [-0.2, -0.15) is 0 Å². The smallest absolute Gasteiger partial charge is 0.287 e. The van der Waals surface area contributed by atoms with E-state index >= 15 is 0 Å². The number of carbonyl (C=O) groups is 1. The highest BCUT2D eigenvalue weighted by molar-refractivity contribution is 7.99. The molecule has 0 N–H and O–H groups in total. The molecule has 0 saturated heterocycles. The second-order valence-corrected chi connectivity index (χ2v) is 7.16. The standard InChI is InChI=1S/C21H20N2O3S/c1-14-9-15(2)11-17(10-14)23-8-7-22-20(21(23)25)27-13-19(24)16-5-4-6-18(12-16)26-3/h4-12H,13H2,1-3H3. The molecule has 5 nitrogen and oxygen atoms in total. The van der Waals surface area contributed by atoms with Gasteiger partial charge in [0.05, 0.1) is 12.9 Å². The third-order valence-corrected chi connectivity index (χ3v) is 4.99. The normalized spacial score (nSPS) is 10.6. The Morgan fingerprint density at radius 2 is 1.89 bits per heavy atom. The van der Waals surface area contributed by atoms with Crippen LogP contribution < -0.4 is 10.3 Å².